The van der Waals surface area contributed by atoms with Crippen LogP contribution in [0.15, 0.2) is 91.0 Å². The van der Waals surface area contributed by atoms with Crippen molar-refractivity contribution in [1.82, 2.24) is 9.80 Å². The van der Waals surface area contributed by atoms with Crippen LogP contribution in [0, 0.1) is 5.41 Å². The molecule has 0 bridgehead atoms. The van der Waals surface area contributed by atoms with Gasteiger partial charge in [0.05, 0.1) is 12.1 Å². The molecule has 1 saturated heterocycles. The molecule has 4 heteroatoms. The molecule has 3 aromatic rings. The molecule has 1 fully saturated rings. The first-order chi connectivity index (χ1) is 15.8. The molecule has 4 rings (SSSR count). The zero-order valence-corrected chi connectivity index (χ0v) is 19.8. The van der Waals surface area contributed by atoms with E-state index in [1.807, 2.05) is 30.3 Å². The van der Waals surface area contributed by atoms with Gasteiger partial charge in [-0.3, -0.25) is 9.80 Å². The number of hydrogen-bond donors (Lipinski definition) is 1. The lowest BCUT2D eigenvalue weighted by Crippen LogP contribution is -2.49. The summed E-state index contributed by atoms with van der Waals surface area (Å²) in [5.41, 5.74) is 3.24. The first-order valence-electron chi connectivity index (χ1n) is 11.7. The smallest absolute Gasteiger partial charge is 0.408 e. The fourth-order valence-corrected chi connectivity index (χ4v) is 5.30. The van der Waals surface area contributed by atoms with E-state index in [1.54, 1.807) is 4.90 Å². The molecule has 0 spiro atoms. The number of amides is 1. The SMILES string of the molecule is CC(C)(C)C(c1ccccc1)N(C(=O)O)[C@@H]1CN(Cc2ccccc2)C[C@@H]1c1ccccc1. The molecule has 3 atom stereocenters. The van der Waals surface area contributed by atoms with E-state index in [0.29, 0.717) is 6.54 Å². The topological polar surface area (TPSA) is 43.8 Å². The summed E-state index contributed by atoms with van der Waals surface area (Å²) in [6.07, 6.45) is -0.855. The molecular formula is C29H34N2O2. The van der Waals surface area contributed by atoms with Gasteiger partial charge in [-0.25, -0.2) is 4.79 Å². The van der Waals surface area contributed by atoms with Crippen molar-refractivity contribution in [3.8, 4) is 0 Å². The van der Waals surface area contributed by atoms with Crippen LogP contribution in [0.1, 0.15) is 49.4 Å². The van der Waals surface area contributed by atoms with Crippen LogP contribution in [0.5, 0.6) is 0 Å². The van der Waals surface area contributed by atoms with Gasteiger partial charge >= 0.3 is 6.09 Å². The summed E-state index contributed by atoms with van der Waals surface area (Å²) in [6.45, 7) is 8.76. The quantitative estimate of drug-likeness (QED) is 0.479. The first-order valence-corrected chi connectivity index (χ1v) is 11.7. The van der Waals surface area contributed by atoms with E-state index in [2.05, 4.69) is 86.3 Å². The molecule has 1 aliphatic rings. The maximum Gasteiger partial charge on any atom is 0.408 e. The molecule has 1 amide bonds. The fraction of sp³-hybridized carbons (Fsp3) is 0.345. The van der Waals surface area contributed by atoms with Gasteiger partial charge in [-0.1, -0.05) is 112 Å². The van der Waals surface area contributed by atoms with Gasteiger partial charge in [0.15, 0.2) is 0 Å². The minimum atomic E-state index is -0.855. The van der Waals surface area contributed by atoms with Crippen LogP contribution in [0.3, 0.4) is 0 Å². The second-order valence-electron chi connectivity index (χ2n) is 10.1. The lowest BCUT2D eigenvalue weighted by Gasteiger charge is -2.43. The zero-order valence-electron chi connectivity index (χ0n) is 19.8. The second-order valence-corrected chi connectivity index (χ2v) is 10.1. The van der Waals surface area contributed by atoms with Crippen molar-refractivity contribution >= 4 is 6.09 Å². The molecule has 3 aromatic carbocycles. The minimum Gasteiger partial charge on any atom is -0.465 e. The van der Waals surface area contributed by atoms with Crippen molar-refractivity contribution in [3.05, 3.63) is 108 Å². The molecule has 0 aromatic heterocycles. The Morgan fingerprint density at radius 2 is 1.45 bits per heavy atom. The summed E-state index contributed by atoms with van der Waals surface area (Å²) in [4.78, 5) is 17.0. The lowest BCUT2D eigenvalue weighted by molar-refractivity contribution is 0.0513. The summed E-state index contributed by atoms with van der Waals surface area (Å²) in [5, 5.41) is 10.6. The summed E-state index contributed by atoms with van der Waals surface area (Å²) in [6, 6.07) is 30.5. The van der Waals surface area contributed by atoms with E-state index in [1.165, 1.54) is 11.1 Å². The number of benzene rings is 3. The molecule has 0 aliphatic carbocycles. The fourth-order valence-electron chi connectivity index (χ4n) is 5.30. The Labute approximate surface area is 197 Å². The van der Waals surface area contributed by atoms with Crippen LogP contribution < -0.4 is 0 Å². The molecule has 1 heterocycles. The Bertz CT molecular complexity index is 1030. The van der Waals surface area contributed by atoms with Gasteiger partial charge in [0.25, 0.3) is 0 Å². The number of carbonyl (C=O) groups is 1. The molecule has 1 aliphatic heterocycles. The number of carboxylic acid groups (broad SMARTS) is 1. The summed E-state index contributed by atoms with van der Waals surface area (Å²) < 4.78 is 0. The van der Waals surface area contributed by atoms with E-state index in [-0.39, 0.29) is 23.4 Å². The largest absolute Gasteiger partial charge is 0.465 e. The predicted octanol–water partition coefficient (Wildman–Crippen LogP) is 6.42. The van der Waals surface area contributed by atoms with E-state index >= 15 is 0 Å². The van der Waals surface area contributed by atoms with Crippen molar-refractivity contribution in [2.45, 2.75) is 45.3 Å². The highest BCUT2D eigenvalue weighted by atomic mass is 16.4. The van der Waals surface area contributed by atoms with E-state index in [0.717, 1.165) is 18.7 Å². The van der Waals surface area contributed by atoms with Gasteiger partial charge in [0.1, 0.15) is 0 Å². The lowest BCUT2D eigenvalue weighted by atomic mass is 9.79. The van der Waals surface area contributed by atoms with Crippen molar-refractivity contribution in [2.75, 3.05) is 13.1 Å². The van der Waals surface area contributed by atoms with E-state index < -0.39 is 6.09 Å². The maximum atomic E-state index is 12.9. The average Bonchev–Trinajstić information content (AvgIpc) is 3.21. The maximum absolute atomic E-state index is 12.9. The van der Waals surface area contributed by atoms with Crippen LogP contribution in [0.4, 0.5) is 4.79 Å². The monoisotopic (exact) mass is 442 g/mol. The third-order valence-corrected chi connectivity index (χ3v) is 6.63. The average molecular weight is 443 g/mol. The normalized spacial score (nSPS) is 19.8. The van der Waals surface area contributed by atoms with Gasteiger partial charge in [0.2, 0.25) is 0 Å². The highest BCUT2D eigenvalue weighted by molar-refractivity contribution is 5.67. The summed E-state index contributed by atoms with van der Waals surface area (Å²) in [5.74, 6) is 0.111. The third-order valence-electron chi connectivity index (χ3n) is 6.63. The Morgan fingerprint density at radius 1 is 0.909 bits per heavy atom. The van der Waals surface area contributed by atoms with Crippen molar-refractivity contribution in [1.29, 1.82) is 0 Å². The van der Waals surface area contributed by atoms with Gasteiger partial charge in [0, 0.05) is 25.6 Å². The van der Waals surface area contributed by atoms with Crippen molar-refractivity contribution in [2.24, 2.45) is 5.41 Å². The van der Waals surface area contributed by atoms with Crippen LogP contribution in [0.25, 0.3) is 0 Å². The van der Waals surface area contributed by atoms with Gasteiger partial charge < -0.3 is 5.11 Å². The highest BCUT2D eigenvalue weighted by Gasteiger charge is 2.45. The standard InChI is InChI=1S/C29H34N2O2/c1-29(2,3)27(24-17-11-6-12-18-24)31(28(32)33)26-21-30(19-22-13-7-4-8-14-22)20-25(26)23-15-9-5-10-16-23/h4-18,25-27H,19-21H2,1-3H3,(H,32,33)/t25-,26-,27?/m1/s1. The van der Waals surface area contributed by atoms with Crippen LogP contribution in [-0.4, -0.2) is 40.1 Å². The number of rotatable bonds is 6. The summed E-state index contributed by atoms with van der Waals surface area (Å²) in [7, 11) is 0. The molecular weight excluding hydrogens is 408 g/mol. The van der Waals surface area contributed by atoms with E-state index in [9.17, 15) is 9.90 Å². The Balaban J connectivity index is 1.73. The molecule has 1 N–H and O–H groups in total. The Kier molecular flexibility index (Phi) is 6.85. The number of nitrogens with zero attached hydrogens (tertiary/aromatic N) is 2. The molecule has 1 unspecified atom stereocenters. The van der Waals surface area contributed by atoms with Crippen LogP contribution in [-0.2, 0) is 6.54 Å². The molecule has 0 radical (unpaired) electrons. The molecule has 4 nitrogen and oxygen atoms in total. The van der Waals surface area contributed by atoms with Crippen molar-refractivity contribution < 1.29 is 9.90 Å². The van der Waals surface area contributed by atoms with Crippen molar-refractivity contribution in [3.63, 3.8) is 0 Å². The van der Waals surface area contributed by atoms with Gasteiger partial charge in [-0.2, -0.15) is 0 Å². The number of hydrogen-bond acceptors (Lipinski definition) is 2. The molecule has 0 saturated carbocycles. The highest BCUT2D eigenvalue weighted by Crippen LogP contribution is 2.43. The second kappa shape index (κ2) is 9.80. The third kappa shape index (κ3) is 5.28. The van der Waals surface area contributed by atoms with Crippen LogP contribution in [0.2, 0.25) is 0 Å². The van der Waals surface area contributed by atoms with Crippen LogP contribution >= 0.6 is 0 Å². The first kappa shape index (κ1) is 23.1. The summed E-state index contributed by atoms with van der Waals surface area (Å²) >= 11 is 0. The molecule has 33 heavy (non-hydrogen) atoms. The predicted molar refractivity (Wildman–Crippen MR) is 133 cm³/mol. The Morgan fingerprint density at radius 3 is 2.00 bits per heavy atom. The van der Waals surface area contributed by atoms with Gasteiger partial charge in [-0.15, -0.1) is 0 Å². The number of likely N-dealkylation sites (tertiary alicyclic amines) is 1. The Hall–Kier alpha value is -3.11. The minimum absolute atomic E-state index is 0.111. The van der Waals surface area contributed by atoms with Gasteiger partial charge in [-0.05, 0) is 22.1 Å². The molecule has 172 valence electrons. The van der Waals surface area contributed by atoms with E-state index in [4.69, 9.17) is 0 Å². The zero-order chi connectivity index (χ0) is 23.4.